The molecule has 0 fully saturated rings. The largest absolute Gasteiger partial charge is 0.339 e. The van der Waals surface area contributed by atoms with Crippen molar-refractivity contribution in [3.8, 4) is 11.4 Å². The topological polar surface area (TPSA) is 80.0 Å². The molecular weight excluding hydrogens is 316 g/mol. The first-order valence-electron chi connectivity index (χ1n) is 6.84. The van der Waals surface area contributed by atoms with Gasteiger partial charge in [-0.3, -0.25) is 0 Å². The van der Waals surface area contributed by atoms with Gasteiger partial charge in [-0.25, -0.2) is 4.79 Å². The monoisotopic (exact) mass is 328 g/mol. The number of urea groups is 1. The second-order valence-corrected chi connectivity index (χ2v) is 5.24. The lowest BCUT2D eigenvalue weighted by atomic mass is 10.2. The minimum absolute atomic E-state index is 0.338. The van der Waals surface area contributed by atoms with Gasteiger partial charge in [-0.2, -0.15) is 4.98 Å². The SMILES string of the molecule is Cc1nc(-c2ccc(NC(=O)Nc3ccc(Cl)cc3)cc2)no1. The fourth-order valence-electron chi connectivity index (χ4n) is 1.95. The Morgan fingerprint density at radius 3 is 2.09 bits per heavy atom. The van der Waals surface area contributed by atoms with E-state index >= 15 is 0 Å². The summed E-state index contributed by atoms with van der Waals surface area (Å²) in [6.45, 7) is 1.73. The van der Waals surface area contributed by atoms with Crippen LogP contribution in [0.15, 0.2) is 53.1 Å². The summed E-state index contributed by atoms with van der Waals surface area (Å²) < 4.78 is 4.94. The highest BCUT2D eigenvalue weighted by Gasteiger charge is 2.07. The Bertz CT molecular complexity index is 813. The molecule has 0 saturated carbocycles. The van der Waals surface area contributed by atoms with Crippen LogP contribution in [0.4, 0.5) is 16.2 Å². The van der Waals surface area contributed by atoms with E-state index < -0.39 is 0 Å². The number of nitrogens with zero attached hydrogens (tertiary/aromatic N) is 2. The van der Waals surface area contributed by atoms with Crippen LogP contribution < -0.4 is 10.6 Å². The van der Waals surface area contributed by atoms with E-state index in [-0.39, 0.29) is 6.03 Å². The minimum atomic E-state index is -0.338. The van der Waals surface area contributed by atoms with Gasteiger partial charge in [-0.05, 0) is 48.5 Å². The summed E-state index contributed by atoms with van der Waals surface area (Å²) in [5.74, 6) is 1.02. The van der Waals surface area contributed by atoms with Crippen LogP contribution in [0.25, 0.3) is 11.4 Å². The number of halogens is 1. The Labute approximate surface area is 137 Å². The molecule has 0 saturated heterocycles. The van der Waals surface area contributed by atoms with Gasteiger partial charge in [0.2, 0.25) is 11.7 Å². The van der Waals surface area contributed by atoms with Crippen molar-refractivity contribution < 1.29 is 9.32 Å². The third-order valence-corrected chi connectivity index (χ3v) is 3.28. The van der Waals surface area contributed by atoms with Gasteiger partial charge >= 0.3 is 6.03 Å². The van der Waals surface area contributed by atoms with Gasteiger partial charge in [-0.15, -0.1) is 0 Å². The molecule has 7 heteroatoms. The molecule has 1 heterocycles. The number of hydrogen-bond acceptors (Lipinski definition) is 4. The van der Waals surface area contributed by atoms with Crippen LogP contribution in [0.3, 0.4) is 0 Å². The highest BCUT2D eigenvalue weighted by molar-refractivity contribution is 6.30. The number of carbonyl (C=O) groups excluding carboxylic acids is 1. The molecule has 0 bridgehead atoms. The van der Waals surface area contributed by atoms with Gasteiger partial charge in [0.1, 0.15) is 0 Å². The lowest BCUT2D eigenvalue weighted by Crippen LogP contribution is -2.19. The maximum Gasteiger partial charge on any atom is 0.323 e. The summed E-state index contributed by atoms with van der Waals surface area (Å²) in [6.07, 6.45) is 0. The number of rotatable bonds is 3. The van der Waals surface area contributed by atoms with Crippen molar-refractivity contribution in [1.82, 2.24) is 10.1 Å². The number of aromatic nitrogens is 2. The summed E-state index contributed by atoms with van der Waals surface area (Å²) in [7, 11) is 0. The maximum absolute atomic E-state index is 11.9. The zero-order valence-electron chi connectivity index (χ0n) is 12.2. The summed E-state index contributed by atoms with van der Waals surface area (Å²) in [6, 6.07) is 13.7. The zero-order valence-corrected chi connectivity index (χ0v) is 13.0. The van der Waals surface area contributed by atoms with Gasteiger partial charge in [-0.1, -0.05) is 16.8 Å². The first-order chi connectivity index (χ1) is 11.1. The summed E-state index contributed by atoms with van der Waals surface area (Å²) in [5.41, 5.74) is 2.12. The van der Waals surface area contributed by atoms with E-state index in [0.717, 1.165) is 5.56 Å². The smallest absolute Gasteiger partial charge is 0.323 e. The zero-order chi connectivity index (χ0) is 16.2. The predicted molar refractivity (Wildman–Crippen MR) is 88.6 cm³/mol. The molecule has 3 aromatic rings. The number of anilines is 2. The Morgan fingerprint density at radius 2 is 1.57 bits per heavy atom. The van der Waals surface area contributed by atoms with Crippen LogP contribution in [0.1, 0.15) is 5.89 Å². The van der Waals surface area contributed by atoms with Crippen LogP contribution in [-0.4, -0.2) is 16.2 Å². The Balaban J connectivity index is 1.63. The number of hydrogen-bond donors (Lipinski definition) is 2. The van der Waals surface area contributed by atoms with Crippen molar-refractivity contribution in [2.75, 3.05) is 10.6 Å². The minimum Gasteiger partial charge on any atom is -0.339 e. The molecule has 116 valence electrons. The lowest BCUT2D eigenvalue weighted by molar-refractivity contribution is 0.262. The fourth-order valence-corrected chi connectivity index (χ4v) is 2.07. The fraction of sp³-hybridized carbons (Fsp3) is 0.0625. The number of amides is 2. The average molecular weight is 329 g/mol. The predicted octanol–water partition coefficient (Wildman–Crippen LogP) is 4.34. The van der Waals surface area contributed by atoms with Gasteiger partial charge in [0, 0.05) is 28.9 Å². The molecule has 6 nitrogen and oxygen atoms in total. The van der Waals surface area contributed by atoms with E-state index in [1.54, 1.807) is 43.3 Å². The molecule has 0 unspecified atom stereocenters. The molecule has 0 spiro atoms. The first kappa shape index (κ1) is 15.1. The summed E-state index contributed by atoms with van der Waals surface area (Å²) in [5, 5.41) is 9.92. The molecular formula is C16H13ClN4O2. The van der Waals surface area contributed by atoms with E-state index in [9.17, 15) is 4.79 Å². The molecule has 23 heavy (non-hydrogen) atoms. The van der Waals surface area contributed by atoms with Crippen LogP contribution in [-0.2, 0) is 0 Å². The van der Waals surface area contributed by atoms with Crippen molar-refractivity contribution in [2.24, 2.45) is 0 Å². The van der Waals surface area contributed by atoms with Crippen molar-refractivity contribution in [2.45, 2.75) is 6.92 Å². The molecule has 2 aromatic carbocycles. The van der Waals surface area contributed by atoms with E-state index in [1.165, 1.54) is 0 Å². The molecule has 1 aromatic heterocycles. The second kappa shape index (κ2) is 6.50. The van der Waals surface area contributed by atoms with Gasteiger partial charge in [0.25, 0.3) is 0 Å². The third-order valence-electron chi connectivity index (χ3n) is 3.03. The molecule has 0 aliphatic carbocycles. The van der Waals surface area contributed by atoms with E-state index in [4.69, 9.17) is 16.1 Å². The maximum atomic E-state index is 11.9. The van der Waals surface area contributed by atoms with Crippen LogP contribution in [0.2, 0.25) is 5.02 Å². The van der Waals surface area contributed by atoms with Crippen molar-refractivity contribution in [3.63, 3.8) is 0 Å². The second-order valence-electron chi connectivity index (χ2n) is 4.80. The van der Waals surface area contributed by atoms with Gasteiger partial charge in [0.05, 0.1) is 0 Å². The Morgan fingerprint density at radius 1 is 1.00 bits per heavy atom. The first-order valence-corrected chi connectivity index (χ1v) is 7.22. The van der Waals surface area contributed by atoms with Crippen LogP contribution in [0, 0.1) is 6.92 Å². The van der Waals surface area contributed by atoms with Crippen molar-refractivity contribution >= 4 is 29.0 Å². The highest BCUT2D eigenvalue weighted by atomic mass is 35.5. The molecule has 0 aliphatic heterocycles. The standard InChI is InChI=1S/C16H13ClN4O2/c1-10-18-15(21-23-10)11-2-6-13(7-3-11)19-16(22)20-14-8-4-12(17)5-9-14/h2-9H,1H3,(H2,19,20,22). The van der Waals surface area contributed by atoms with Gasteiger partial charge < -0.3 is 15.2 Å². The Hall–Kier alpha value is -2.86. The molecule has 0 radical (unpaired) electrons. The number of carbonyl (C=O) groups is 1. The Kier molecular flexibility index (Phi) is 4.25. The lowest BCUT2D eigenvalue weighted by Gasteiger charge is -2.08. The summed E-state index contributed by atoms with van der Waals surface area (Å²) in [4.78, 5) is 16.1. The number of nitrogens with one attached hydrogen (secondary N) is 2. The normalized spacial score (nSPS) is 10.3. The highest BCUT2D eigenvalue weighted by Crippen LogP contribution is 2.19. The molecule has 2 N–H and O–H groups in total. The number of aryl methyl sites for hydroxylation is 1. The van der Waals surface area contributed by atoms with E-state index in [1.807, 2.05) is 12.1 Å². The molecule has 3 rings (SSSR count). The van der Waals surface area contributed by atoms with Crippen LogP contribution in [0.5, 0.6) is 0 Å². The van der Waals surface area contributed by atoms with Gasteiger partial charge in [0.15, 0.2) is 0 Å². The number of benzene rings is 2. The van der Waals surface area contributed by atoms with E-state index in [2.05, 4.69) is 20.8 Å². The molecule has 2 amide bonds. The van der Waals surface area contributed by atoms with Crippen molar-refractivity contribution in [1.29, 1.82) is 0 Å². The molecule has 0 atom stereocenters. The van der Waals surface area contributed by atoms with Crippen molar-refractivity contribution in [3.05, 3.63) is 59.4 Å². The quantitative estimate of drug-likeness (QED) is 0.749. The molecule has 0 aliphatic rings. The third kappa shape index (κ3) is 3.87. The van der Waals surface area contributed by atoms with Crippen LogP contribution >= 0.6 is 11.6 Å². The average Bonchev–Trinajstić information content (AvgIpc) is 2.97. The summed E-state index contributed by atoms with van der Waals surface area (Å²) >= 11 is 5.80. The van der Waals surface area contributed by atoms with E-state index in [0.29, 0.717) is 28.1 Å².